The van der Waals surface area contributed by atoms with Crippen LogP contribution >= 0.6 is 11.8 Å². The van der Waals surface area contributed by atoms with Crippen molar-refractivity contribution in [1.82, 2.24) is 4.98 Å². The fourth-order valence-electron chi connectivity index (χ4n) is 1.09. The molecular formula is C12H16N2S. The average molecular weight is 220 g/mol. The molecule has 0 aliphatic heterocycles. The number of nitrogens with zero attached hydrogens (tertiary/aromatic N) is 2. The van der Waals surface area contributed by atoms with Crippen LogP contribution in [0.15, 0.2) is 17.2 Å². The maximum atomic E-state index is 8.84. The molecule has 1 aromatic rings. The predicted octanol–water partition coefficient (Wildman–Crippen LogP) is 3.40. The average Bonchev–Trinajstić information content (AvgIpc) is 2.16. The Hall–Kier alpha value is -1.01. The van der Waals surface area contributed by atoms with Gasteiger partial charge in [-0.05, 0) is 25.0 Å². The zero-order chi connectivity index (χ0) is 11.4. The van der Waals surface area contributed by atoms with Crippen molar-refractivity contribution in [3.05, 3.63) is 23.4 Å². The van der Waals surface area contributed by atoms with Crippen LogP contribution in [-0.4, -0.2) is 10.2 Å². The molecule has 0 amide bonds. The summed E-state index contributed by atoms with van der Waals surface area (Å²) < 4.78 is 0. The van der Waals surface area contributed by atoms with Gasteiger partial charge in [0.25, 0.3) is 0 Å². The first-order valence-electron chi connectivity index (χ1n) is 5.08. The molecule has 80 valence electrons. The first kappa shape index (κ1) is 12.1. The number of pyridine rings is 1. The van der Waals surface area contributed by atoms with Crippen LogP contribution < -0.4 is 0 Å². The Morgan fingerprint density at radius 1 is 1.33 bits per heavy atom. The van der Waals surface area contributed by atoms with Crippen molar-refractivity contribution in [1.29, 1.82) is 5.26 Å². The summed E-state index contributed by atoms with van der Waals surface area (Å²) in [7, 11) is 0. The quantitative estimate of drug-likeness (QED) is 0.732. The van der Waals surface area contributed by atoms with Crippen LogP contribution in [0.2, 0.25) is 0 Å². The van der Waals surface area contributed by atoms with E-state index < -0.39 is 0 Å². The number of thioether (sulfide) groups is 1. The number of hydrogen-bond donors (Lipinski definition) is 0. The Morgan fingerprint density at radius 2 is 2.00 bits per heavy atom. The number of nitriles is 1. The highest BCUT2D eigenvalue weighted by Crippen LogP contribution is 2.26. The first-order valence-corrected chi connectivity index (χ1v) is 5.96. The van der Waals surface area contributed by atoms with Crippen molar-refractivity contribution in [2.24, 2.45) is 5.92 Å². The molecule has 0 saturated carbocycles. The highest BCUT2D eigenvalue weighted by Gasteiger charge is 2.10. The van der Waals surface area contributed by atoms with Crippen LogP contribution in [0.4, 0.5) is 0 Å². The molecular weight excluding hydrogens is 204 g/mol. The van der Waals surface area contributed by atoms with Crippen molar-refractivity contribution in [2.75, 3.05) is 0 Å². The largest absolute Gasteiger partial charge is 0.247 e. The molecule has 0 aliphatic rings. The maximum absolute atomic E-state index is 8.84. The lowest BCUT2D eigenvalue weighted by atomic mass is 10.2. The lowest BCUT2D eigenvalue weighted by Gasteiger charge is -2.14. The van der Waals surface area contributed by atoms with Gasteiger partial charge in [-0.3, -0.25) is 0 Å². The standard InChI is InChI=1S/C12H16N2S/c1-8(2)10(4)15-12-6-11(7-13)5-9(3)14-12/h5-6,8,10H,1-4H3. The number of aromatic nitrogens is 1. The van der Waals surface area contributed by atoms with Gasteiger partial charge < -0.3 is 0 Å². The van der Waals surface area contributed by atoms with Gasteiger partial charge in [0.1, 0.15) is 0 Å². The van der Waals surface area contributed by atoms with Gasteiger partial charge >= 0.3 is 0 Å². The Kier molecular flexibility index (Phi) is 4.16. The summed E-state index contributed by atoms with van der Waals surface area (Å²) in [5, 5.41) is 10.3. The zero-order valence-electron chi connectivity index (χ0n) is 9.61. The third-order valence-electron chi connectivity index (χ3n) is 2.30. The van der Waals surface area contributed by atoms with E-state index >= 15 is 0 Å². The summed E-state index contributed by atoms with van der Waals surface area (Å²) in [4.78, 5) is 4.42. The lowest BCUT2D eigenvalue weighted by molar-refractivity contribution is 0.641. The topological polar surface area (TPSA) is 36.7 Å². The third kappa shape index (κ3) is 3.56. The summed E-state index contributed by atoms with van der Waals surface area (Å²) in [6.07, 6.45) is 0. The molecule has 0 saturated heterocycles. The van der Waals surface area contributed by atoms with Gasteiger partial charge in [0.05, 0.1) is 16.7 Å². The Labute approximate surface area is 95.7 Å². The van der Waals surface area contributed by atoms with E-state index in [1.165, 1.54) is 0 Å². The molecule has 1 rings (SSSR count). The lowest BCUT2D eigenvalue weighted by Crippen LogP contribution is -2.06. The van der Waals surface area contributed by atoms with E-state index in [9.17, 15) is 0 Å². The van der Waals surface area contributed by atoms with Crippen LogP contribution in [0.1, 0.15) is 32.0 Å². The number of rotatable bonds is 3. The summed E-state index contributed by atoms with van der Waals surface area (Å²) in [5.41, 5.74) is 1.61. The molecule has 0 fully saturated rings. The van der Waals surface area contributed by atoms with Crippen LogP contribution in [0.3, 0.4) is 0 Å². The summed E-state index contributed by atoms with van der Waals surface area (Å²) in [5.74, 6) is 0.614. The van der Waals surface area contributed by atoms with Crippen molar-refractivity contribution in [2.45, 2.75) is 38.0 Å². The molecule has 0 aromatic carbocycles. The van der Waals surface area contributed by atoms with E-state index in [1.807, 2.05) is 19.1 Å². The minimum absolute atomic E-state index is 0.519. The van der Waals surface area contributed by atoms with Crippen LogP contribution in [0.5, 0.6) is 0 Å². The molecule has 0 N–H and O–H groups in total. The normalized spacial score (nSPS) is 12.5. The van der Waals surface area contributed by atoms with Crippen LogP contribution in [-0.2, 0) is 0 Å². The second-order valence-corrected chi connectivity index (χ2v) is 5.41. The first-order chi connectivity index (χ1) is 7.02. The second-order valence-electron chi connectivity index (χ2n) is 4.01. The SMILES string of the molecule is Cc1cc(C#N)cc(SC(C)C(C)C)n1. The molecule has 0 bridgehead atoms. The highest BCUT2D eigenvalue weighted by atomic mass is 32.2. The Bertz CT molecular complexity index is 380. The van der Waals surface area contributed by atoms with Gasteiger partial charge in [-0.1, -0.05) is 20.8 Å². The van der Waals surface area contributed by atoms with Gasteiger partial charge in [0, 0.05) is 10.9 Å². The van der Waals surface area contributed by atoms with Crippen molar-refractivity contribution in [3.63, 3.8) is 0 Å². The van der Waals surface area contributed by atoms with E-state index in [0.717, 1.165) is 10.7 Å². The molecule has 0 spiro atoms. The summed E-state index contributed by atoms with van der Waals surface area (Å²) >= 11 is 1.73. The van der Waals surface area contributed by atoms with E-state index in [4.69, 9.17) is 5.26 Å². The smallest absolute Gasteiger partial charge is 0.0993 e. The Morgan fingerprint density at radius 3 is 2.53 bits per heavy atom. The van der Waals surface area contributed by atoms with E-state index in [1.54, 1.807) is 11.8 Å². The minimum Gasteiger partial charge on any atom is -0.247 e. The molecule has 2 nitrogen and oxygen atoms in total. The summed E-state index contributed by atoms with van der Waals surface area (Å²) in [6.45, 7) is 8.49. The monoisotopic (exact) mass is 220 g/mol. The molecule has 15 heavy (non-hydrogen) atoms. The fourth-order valence-corrected chi connectivity index (χ4v) is 2.13. The molecule has 1 atom stereocenters. The molecule has 1 heterocycles. The molecule has 3 heteroatoms. The maximum Gasteiger partial charge on any atom is 0.0993 e. The number of hydrogen-bond acceptors (Lipinski definition) is 3. The fraction of sp³-hybridized carbons (Fsp3) is 0.500. The summed E-state index contributed by atoms with van der Waals surface area (Å²) in [6, 6.07) is 5.82. The molecule has 0 aliphatic carbocycles. The zero-order valence-corrected chi connectivity index (χ0v) is 10.4. The van der Waals surface area contributed by atoms with Gasteiger partial charge in [-0.15, -0.1) is 11.8 Å². The molecule has 1 unspecified atom stereocenters. The highest BCUT2D eigenvalue weighted by molar-refractivity contribution is 7.99. The van der Waals surface area contributed by atoms with Gasteiger partial charge in [0.15, 0.2) is 0 Å². The van der Waals surface area contributed by atoms with Crippen molar-refractivity contribution >= 4 is 11.8 Å². The minimum atomic E-state index is 0.519. The molecule has 1 aromatic heterocycles. The second kappa shape index (κ2) is 5.18. The molecule has 0 radical (unpaired) electrons. The van der Waals surface area contributed by atoms with Gasteiger partial charge in [-0.2, -0.15) is 5.26 Å². The van der Waals surface area contributed by atoms with Crippen LogP contribution in [0, 0.1) is 24.2 Å². The van der Waals surface area contributed by atoms with Gasteiger partial charge in [-0.25, -0.2) is 4.98 Å². The van der Waals surface area contributed by atoms with E-state index in [2.05, 4.69) is 31.8 Å². The Balaban J connectivity index is 2.87. The van der Waals surface area contributed by atoms with Crippen molar-refractivity contribution < 1.29 is 0 Å². The van der Waals surface area contributed by atoms with Gasteiger partial charge in [0.2, 0.25) is 0 Å². The third-order valence-corrected chi connectivity index (χ3v) is 3.67. The van der Waals surface area contributed by atoms with E-state index in [0.29, 0.717) is 16.7 Å². The van der Waals surface area contributed by atoms with Crippen LogP contribution in [0.25, 0.3) is 0 Å². The predicted molar refractivity (Wildman–Crippen MR) is 63.8 cm³/mol. The van der Waals surface area contributed by atoms with E-state index in [-0.39, 0.29) is 0 Å². The van der Waals surface area contributed by atoms with Crippen molar-refractivity contribution in [3.8, 4) is 6.07 Å². The number of aryl methyl sites for hydroxylation is 1.